The van der Waals surface area contributed by atoms with Gasteiger partial charge in [0.25, 0.3) is 0 Å². The van der Waals surface area contributed by atoms with E-state index < -0.39 is 11.7 Å². The average Bonchev–Trinajstić information content (AvgIpc) is 2.33. The van der Waals surface area contributed by atoms with Gasteiger partial charge in [-0.2, -0.15) is 0 Å². The number of amides is 1. The van der Waals surface area contributed by atoms with E-state index in [1.54, 1.807) is 0 Å². The zero-order valence-electron chi connectivity index (χ0n) is 12.3. The number of benzene rings is 1. The molecule has 1 aromatic carbocycles. The van der Waals surface area contributed by atoms with Gasteiger partial charge >= 0.3 is 6.09 Å². The molecule has 0 saturated carbocycles. The molecule has 108 valence electrons. The fourth-order valence-corrected chi connectivity index (χ4v) is 1.96. The van der Waals surface area contributed by atoms with Gasteiger partial charge in [0, 0.05) is 10.0 Å². The van der Waals surface area contributed by atoms with Gasteiger partial charge in [0.1, 0.15) is 5.60 Å². The van der Waals surface area contributed by atoms with Crippen LogP contribution in [0.4, 0.5) is 4.79 Å². The van der Waals surface area contributed by atoms with E-state index in [-0.39, 0.29) is 6.54 Å². The van der Waals surface area contributed by atoms with Crippen LogP contribution < -0.4 is 5.32 Å². The van der Waals surface area contributed by atoms with E-state index in [2.05, 4.69) is 46.1 Å². The number of ether oxygens (including phenoxy) is 1. The molecule has 0 aliphatic heterocycles. The van der Waals surface area contributed by atoms with Gasteiger partial charge in [-0.05, 0) is 51.0 Å². The van der Waals surface area contributed by atoms with E-state index in [0.717, 1.165) is 16.5 Å². The molecule has 0 fully saturated rings. The first kappa shape index (κ1) is 16.6. The van der Waals surface area contributed by atoms with Gasteiger partial charge in [0.05, 0.1) is 6.54 Å². The smallest absolute Gasteiger partial charge is 0.408 e. The number of aryl methyl sites for hydroxylation is 1. The molecule has 0 aliphatic carbocycles. The summed E-state index contributed by atoms with van der Waals surface area (Å²) < 4.78 is 6.17. The lowest BCUT2D eigenvalue weighted by Crippen LogP contribution is -2.32. The molecule has 0 atom stereocenters. The molecule has 0 saturated heterocycles. The number of carbonyl (C=O) groups excluding carboxylic acids is 1. The van der Waals surface area contributed by atoms with Gasteiger partial charge in [0.2, 0.25) is 0 Å². The minimum Gasteiger partial charge on any atom is -0.444 e. The highest BCUT2D eigenvalue weighted by molar-refractivity contribution is 9.10. The Morgan fingerprint density at radius 3 is 2.70 bits per heavy atom. The average molecular weight is 338 g/mol. The first-order valence-corrected chi connectivity index (χ1v) is 7.35. The Morgan fingerprint density at radius 1 is 1.40 bits per heavy atom. The first-order valence-electron chi connectivity index (χ1n) is 6.56. The number of hydrogen-bond donors (Lipinski definition) is 1. The van der Waals surface area contributed by atoms with E-state index in [1.165, 1.54) is 5.56 Å². The Balaban J connectivity index is 2.57. The summed E-state index contributed by atoms with van der Waals surface area (Å²) >= 11 is 3.44. The van der Waals surface area contributed by atoms with Crippen molar-refractivity contribution >= 4 is 22.0 Å². The van der Waals surface area contributed by atoms with Crippen LogP contribution in [0, 0.1) is 11.8 Å². The summed E-state index contributed by atoms with van der Waals surface area (Å²) in [6.07, 6.45) is 0.474. The zero-order chi connectivity index (χ0) is 15.2. The highest BCUT2D eigenvalue weighted by atomic mass is 79.9. The molecule has 1 rings (SSSR count). The van der Waals surface area contributed by atoms with Crippen LogP contribution in [0.2, 0.25) is 0 Å². The fourth-order valence-electron chi connectivity index (χ4n) is 1.55. The number of hydrogen-bond acceptors (Lipinski definition) is 2. The normalized spacial score (nSPS) is 10.4. The van der Waals surface area contributed by atoms with Crippen LogP contribution in [0.15, 0.2) is 22.7 Å². The molecule has 0 unspecified atom stereocenters. The number of nitrogens with one attached hydrogen (secondary N) is 1. The predicted molar refractivity (Wildman–Crippen MR) is 84.6 cm³/mol. The number of halogens is 1. The number of alkyl carbamates (subject to hydrolysis) is 1. The molecule has 0 spiro atoms. The molecule has 0 radical (unpaired) electrons. The van der Waals surface area contributed by atoms with Gasteiger partial charge in [-0.25, -0.2) is 4.79 Å². The summed E-state index contributed by atoms with van der Waals surface area (Å²) in [4.78, 5) is 11.4. The highest BCUT2D eigenvalue weighted by Crippen LogP contribution is 2.16. The van der Waals surface area contributed by atoms with Crippen molar-refractivity contribution in [1.82, 2.24) is 5.32 Å². The molecular formula is C16H20BrNO2. The van der Waals surface area contributed by atoms with Crippen molar-refractivity contribution in [3.05, 3.63) is 33.8 Å². The molecule has 3 nitrogen and oxygen atoms in total. The molecule has 0 aromatic heterocycles. The third-order valence-corrected chi connectivity index (χ3v) is 2.88. The third-order valence-electron chi connectivity index (χ3n) is 2.39. The lowest BCUT2D eigenvalue weighted by Gasteiger charge is -2.19. The van der Waals surface area contributed by atoms with Crippen molar-refractivity contribution in [3.8, 4) is 11.8 Å². The van der Waals surface area contributed by atoms with Crippen LogP contribution >= 0.6 is 15.9 Å². The first-order chi connectivity index (χ1) is 9.31. The Labute approximate surface area is 129 Å². The highest BCUT2D eigenvalue weighted by Gasteiger charge is 2.14. The van der Waals surface area contributed by atoms with Gasteiger partial charge in [-0.15, -0.1) is 0 Å². The summed E-state index contributed by atoms with van der Waals surface area (Å²) in [6, 6.07) is 6.00. The van der Waals surface area contributed by atoms with Crippen molar-refractivity contribution in [2.45, 2.75) is 39.7 Å². The Morgan fingerprint density at radius 2 is 2.10 bits per heavy atom. The number of rotatable bonds is 2. The molecular weight excluding hydrogens is 318 g/mol. The van der Waals surface area contributed by atoms with E-state index in [4.69, 9.17) is 4.74 Å². The molecule has 4 heteroatoms. The summed E-state index contributed by atoms with van der Waals surface area (Å²) in [6.45, 7) is 7.84. The van der Waals surface area contributed by atoms with E-state index in [1.807, 2.05) is 32.9 Å². The SMILES string of the molecule is CCc1cc(Br)ccc1C#CCNC(=O)OC(C)(C)C. The summed E-state index contributed by atoms with van der Waals surface area (Å²) in [5, 5.41) is 2.61. The maximum Gasteiger partial charge on any atom is 0.408 e. The van der Waals surface area contributed by atoms with Gasteiger partial charge in [-0.1, -0.05) is 34.7 Å². The third kappa shape index (κ3) is 6.12. The quantitative estimate of drug-likeness (QED) is 0.831. The Bertz CT molecular complexity index is 536. The second kappa shape index (κ2) is 7.35. The van der Waals surface area contributed by atoms with Crippen LogP contribution in [0.3, 0.4) is 0 Å². The van der Waals surface area contributed by atoms with E-state index in [9.17, 15) is 4.79 Å². The second-order valence-corrected chi connectivity index (χ2v) is 6.23. The van der Waals surface area contributed by atoms with Crippen LogP contribution in [0.1, 0.15) is 38.8 Å². The van der Waals surface area contributed by atoms with Crippen molar-refractivity contribution in [2.75, 3.05) is 6.54 Å². The van der Waals surface area contributed by atoms with Crippen molar-refractivity contribution < 1.29 is 9.53 Å². The summed E-state index contributed by atoms with van der Waals surface area (Å²) in [7, 11) is 0. The minimum atomic E-state index is -0.488. The Hall–Kier alpha value is -1.47. The fraction of sp³-hybridized carbons (Fsp3) is 0.438. The maximum atomic E-state index is 11.4. The van der Waals surface area contributed by atoms with Crippen LogP contribution in [-0.4, -0.2) is 18.2 Å². The van der Waals surface area contributed by atoms with E-state index >= 15 is 0 Å². The molecule has 1 N–H and O–H groups in total. The monoisotopic (exact) mass is 337 g/mol. The van der Waals surface area contributed by atoms with Crippen LogP contribution in [-0.2, 0) is 11.2 Å². The Kier molecular flexibility index (Phi) is 6.09. The molecule has 0 aliphatic rings. The van der Waals surface area contributed by atoms with E-state index in [0.29, 0.717) is 0 Å². The van der Waals surface area contributed by atoms with Crippen molar-refractivity contribution in [3.63, 3.8) is 0 Å². The lowest BCUT2D eigenvalue weighted by atomic mass is 10.1. The molecule has 20 heavy (non-hydrogen) atoms. The molecule has 1 aromatic rings. The largest absolute Gasteiger partial charge is 0.444 e. The van der Waals surface area contributed by atoms with Crippen molar-refractivity contribution in [1.29, 1.82) is 0 Å². The van der Waals surface area contributed by atoms with Crippen molar-refractivity contribution in [2.24, 2.45) is 0 Å². The standard InChI is InChI=1S/C16H20BrNO2/c1-5-12-11-14(17)9-8-13(12)7-6-10-18-15(19)20-16(2,3)4/h8-9,11H,5,10H2,1-4H3,(H,18,19). The van der Waals surface area contributed by atoms with Crippen LogP contribution in [0.5, 0.6) is 0 Å². The number of carbonyl (C=O) groups is 1. The van der Waals surface area contributed by atoms with Gasteiger partial charge < -0.3 is 10.1 Å². The maximum absolute atomic E-state index is 11.4. The lowest BCUT2D eigenvalue weighted by molar-refractivity contribution is 0.0535. The molecule has 1 amide bonds. The van der Waals surface area contributed by atoms with Gasteiger partial charge in [-0.3, -0.25) is 0 Å². The molecule has 0 heterocycles. The zero-order valence-corrected chi connectivity index (χ0v) is 13.9. The minimum absolute atomic E-state index is 0.272. The second-order valence-electron chi connectivity index (χ2n) is 5.31. The summed E-state index contributed by atoms with van der Waals surface area (Å²) in [5.41, 5.74) is 1.68. The van der Waals surface area contributed by atoms with Gasteiger partial charge in [0.15, 0.2) is 0 Å². The van der Waals surface area contributed by atoms with Crippen LogP contribution in [0.25, 0.3) is 0 Å². The summed E-state index contributed by atoms with van der Waals surface area (Å²) in [5.74, 6) is 6.00. The predicted octanol–water partition coefficient (Wildman–Crippen LogP) is 3.89. The topological polar surface area (TPSA) is 38.3 Å². The molecule has 0 bridgehead atoms.